The third kappa shape index (κ3) is 2.65. The summed E-state index contributed by atoms with van der Waals surface area (Å²) < 4.78 is 0. The highest BCUT2D eigenvalue weighted by Gasteiger charge is 2.08. The molecule has 0 aliphatic rings. The number of unbranched alkanes of at least 4 members (excludes halogenated alkanes) is 1. The Morgan fingerprint density at radius 1 is 1.22 bits per heavy atom. The van der Waals surface area contributed by atoms with E-state index in [4.69, 9.17) is 17.3 Å². The predicted molar refractivity (Wildman–Crippen MR) is 78.2 cm³/mol. The molecule has 0 radical (unpaired) electrons. The summed E-state index contributed by atoms with van der Waals surface area (Å²) in [6.07, 6.45) is 3.24. The van der Waals surface area contributed by atoms with Crippen LogP contribution in [-0.2, 0) is 6.42 Å². The van der Waals surface area contributed by atoms with E-state index in [1.54, 1.807) is 0 Å². The summed E-state index contributed by atoms with van der Waals surface area (Å²) in [4.78, 5) is 4.62. The third-order valence-corrected chi connectivity index (χ3v) is 3.69. The minimum atomic E-state index is 0.757. The van der Waals surface area contributed by atoms with Crippen molar-refractivity contribution >= 4 is 22.5 Å². The molecule has 3 heteroatoms. The largest absolute Gasteiger partial charge is 0.330 e. The Bertz CT molecular complexity index is 564. The van der Waals surface area contributed by atoms with Crippen LogP contribution in [0.25, 0.3) is 10.9 Å². The van der Waals surface area contributed by atoms with Crippen LogP contribution in [0.2, 0.25) is 5.02 Å². The molecule has 0 saturated carbocycles. The first kappa shape index (κ1) is 13.3. The Balaban J connectivity index is 2.49. The topological polar surface area (TPSA) is 38.9 Å². The molecule has 0 saturated heterocycles. The molecule has 1 heterocycles. The minimum Gasteiger partial charge on any atom is -0.330 e. The van der Waals surface area contributed by atoms with Crippen molar-refractivity contribution in [1.82, 2.24) is 4.98 Å². The number of benzene rings is 1. The number of aromatic nitrogens is 1. The van der Waals surface area contributed by atoms with Gasteiger partial charge in [0.1, 0.15) is 0 Å². The first-order valence-electron chi connectivity index (χ1n) is 6.39. The highest BCUT2D eigenvalue weighted by molar-refractivity contribution is 6.32. The third-order valence-electron chi connectivity index (χ3n) is 3.28. The summed E-state index contributed by atoms with van der Waals surface area (Å²) in [5, 5.41) is 2.01. The molecule has 0 unspecified atom stereocenters. The number of halogens is 1. The quantitative estimate of drug-likeness (QED) is 0.852. The van der Waals surface area contributed by atoms with Crippen molar-refractivity contribution in [3.05, 3.63) is 40.0 Å². The molecule has 0 spiro atoms. The fourth-order valence-electron chi connectivity index (χ4n) is 2.28. The molecule has 2 N–H and O–H groups in total. The van der Waals surface area contributed by atoms with Gasteiger partial charge in [-0.3, -0.25) is 4.98 Å². The first-order chi connectivity index (χ1) is 8.63. The lowest BCUT2D eigenvalue weighted by molar-refractivity contribution is 0.746. The molecular formula is C15H19ClN2. The lowest BCUT2D eigenvalue weighted by Crippen LogP contribution is -2.00. The highest BCUT2D eigenvalue weighted by Crippen LogP contribution is 2.27. The van der Waals surface area contributed by atoms with Gasteiger partial charge in [-0.15, -0.1) is 0 Å². The molecule has 1 aromatic heterocycles. The fourth-order valence-corrected chi connectivity index (χ4v) is 2.44. The summed E-state index contributed by atoms with van der Waals surface area (Å²) in [6, 6.07) is 6.21. The summed E-state index contributed by atoms with van der Waals surface area (Å²) in [6.45, 7) is 4.82. The van der Waals surface area contributed by atoms with Crippen molar-refractivity contribution in [2.45, 2.75) is 33.1 Å². The predicted octanol–water partition coefficient (Wildman–Crippen LogP) is 3.79. The summed E-state index contributed by atoms with van der Waals surface area (Å²) in [7, 11) is 0. The molecule has 0 fully saturated rings. The Morgan fingerprint density at radius 3 is 2.72 bits per heavy atom. The molecule has 0 amide bonds. The number of aryl methyl sites for hydroxylation is 3. The zero-order valence-electron chi connectivity index (χ0n) is 11.0. The second kappa shape index (κ2) is 5.68. The molecule has 18 heavy (non-hydrogen) atoms. The van der Waals surface area contributed by atoms with Crippen molar-refractivity contribution < 1.29 is 0 Å². The number of pyridine rings is 1. The van der Waals surface area contributed by atoms with E-state index in [9.17, 15) is 0 Å². The number of hydrogen-bond acceptors (Lipinski definition) is 2. The van der Waals surface area contributed by atoms with Gasteiger partial charge in [-0.1, -0.05) is 17.7 Å². The second-order valence-electron chi connectivity index (χ2n) is 4.74. The maximum absolute atomic E-state index is 6.16. The lowest BCUT2D eigenvalue weighted by Gasteiger charge is -2.10. The maximum Gasteiger partial charge on any atom is 0.0751 e. The lowest BCUT2D eigenvalue weighted by atomic mass is 10.0. The van der Waals surface area contributed by atoms with Gasteiger partial charge < -0.3 is 5.73 Å². The summed E-state index contributed by atoms with van der Waals surface area (Å²) in [5.41, 5.74) is 10.1. The fraction of sp³-hybridized carbons (Fsp3) is 0.400. The molecule has 0 atom stereocenters. The van der Waals surface area contributed by atoms with Crippen molar-refractivity contribution in [1.29, 1.82) is 0 Å². The minimum absolute atomic E-state index is 0.757. The average Bonchev–Trinajstić information content (AvgIpc) is 2.34. The average molecular weight is 263 g/mol. The van der Waals surface area contributed by atoms with E-state index in [0.717, 1.165) is 47.6 Å². The van der Waals surface area contributed by atoms with Crippen molar-refractivity contribution in [2.75, 3.05) is 6.54 Å². The van der Waals surface area contributed by atoms with Crippen LogP contribution in [0, 0.1) is 13.8 Å². The molecule has 2 aromatic rings. The van der Waals surface area contributed by atoms with E-state index >= 15 is 0 Å². The highest BCUT2D eigenvalue weighted by atomic mass is 35.5. The van der Waals surface area contributed by atoms with Crippen molar-refractivity contribution in [3.8, 4) is 0 Å². The SMILES string of the molecule is Cc1cc(CCCCN)c2ccc(Cl)c(C)c2n1. The summed E-state index contributed by atoms with van der Waals surface area (Å²) in [5.74, 6) is 0. The molecule has 1 aromatic carbocycles. The van der Waals surface area contributed by atoms with Crippen LogP contribution in [0.4, 0.5) is 0 Å². The van der Waals surface area contributed by atoms with Gasteiger partial charge in [0.15, 0.2) is 0 Å². The molecule has 2 rings (SSSR count). The second-order valence-corrected chi connectivity index (χ2v) is 5.14. The zero-order valence-corrected chi connectivity index (χ0v) is 11.7. The smallest absolute Gasteiger partial charge is 0.0751 e. The van der Waals surface area contributed by atoms with Crippen LogP contribution in [0.3, 0.4) is 0 Å². The van der Waals surface area contributed by atoms with Gasteiger partial charge in [0.25, 0.3) is 0 Å². The van der Waals surface area contributed by atoms with Crippen LogP contribution in [-0.4, -0.2) is 11.5 Å². The number of nitrogens with zero attached hydrogens (tertiary/aromatic N) is 1. The van der Waals surface area contributed by atoms with Crippen LogP contribution < -0.4 is 5.73 Å². The standard InChI is InChI=1S/C15H19ClN2/c1-10-9-12(5-3-4-8-17)13-6-7-14(16)11(2)15(13)18-10/h6-7,9H,3-5,8,17H2,1-2H3. The van der Waals surface area contributed by atoms with Gasteiger partial charge in [-0.2, -0.15) is 0 Å². The molecule has 2 nitrogen and oxygen atoms in total. The van der Waals surface area contributed by atoms with Crippen LogP contribution in [0.15, 0.2) is 18.2 Å². The molecule has 96 valence electrons. The molecule has 0 bridgehead atoms. The Labute approximate surface area is 113 Å². The molecule has 0 aliphatic carbocycles. The number of rotatable bonds is 4. The van der Waals surface area contributed by atoms with Gasteiger partial charge in [0.05, 0.1) is 5.52 Å². The Hall–Kier alpha value is -1.12. The molecule has 0 aliphatic heterocycles. The molecular weight excluding hydrogens is 244 g/mol. The van der Waals surface area contributed by atoms with Gasteiger partial charge in [0, 0.05) is 16.1 Å². The van der Waals surface area contributed by atoms with Crippen LogP contribution in [0.5, 0.6) is 0 Å². The number of hydrogen-bond donors (Lipinski definition) is 1. The monoisotopic (exact) mass is 262 g/mol. The van der Waals surface area contributed by atoms with Crippen LogP contribution >= 0.6 is 11.6 Å². The van der Waals surface area contributed by atoms with Crippen molar-refractivity contribution in [2.24, 2.45) is 5.73 Å². The normalized spacial score (nSPS) is 11.1. The first-order valence-corrected chi connectivity index (χ1v) is 6.76. The van der Waals surface area contributed by atoms with E-state index in [2.05, 4.69) is 17.1 Å². The Kier molecular flexibility index (Phi) is 4.20. The number of nitrogens with two attached hydrogens (primary N) is 1. The van der Waals surface area contributed by atoms with Gasteiger partial charge in [-0.05, 0) is 62.9 Å². The van der Waals surface area contributed by atoms with E-state index < -0.39 is 0 Å². The van der Waals surface area contributed by atoms with E-state index in [1.165, 1.54) is 10.9 Å². The van der Waals surface area contributed by atoms with Gasteiger partial charge in [0.2, 0.25) is 0 Å². The van der Waals surface area contributed by atoms with Gasteiger partial charge in [-0.25, -0.2) is 0 Å². The zero-order chi connectivity index (χ0) is 13.1. The maximum atomic E-state index is 6.16. The van der Waals surface area contributed by atoms with E-state index in [-0.39, 0.29) is 0 Å². The van der Waals surface area contributed by atoms with Crippen LogP contribution in [0.1, 0.15) is 29.7 Å². The van der Waals surface area contributed by atoms with Gasteiger partial charge >= 0.3 is 0 Å². The Morgan fingerprint density at radius 2 is 2.00 bits per heavy atom. The summed E-state index contributed by atoms with van der Waals surface area (Å²) >= 11 is 6.16. The van der Waals surface area contributed by atoms with Crippen molar-refractivity contribution in [3.63, 3.8) is 0 Å². The number of fused-ring (bicyclic) bond motifs is 1. The van der Waals surface area contributed by atoms with E-state index in [0.29, 0.717) is 0 Å². The van der Waals surface area contributed by atoms with E-state index in [1.807, 2.05) is 19.9 Å².